The molecular formula is C5H3F4O4-. The first-order valence-electron chi connectivity index (χ1n) is 2.78. The fourth-order valence-electron chi connectivity index (χ4n) is 0.363. The number of ether oxygens (including phenoxy) is 1. The van der Waals surface area contributed by atoms with Crippen molar-refractivity contribution in [2.75, 3.05) is 0 Å². The van der Waals surface area contributed by atoms with E-state index in [0.29, 0.717) is 6.92 Å². The van der Waals surface area contributed by atoms with Crippen LogP contribution in [0.15, 0.2) is 0 Å². The minimum Gasteiger partial charge on any atom is -0.544 e. The Morgan fingerprint density at radius 2 is 1.62 bits per heavy atom. The van der Waals surface area contributed by atoms with Crippen LogP contribution in [0.5, 0.6) is 0 Å². The number of carbonyl (C=O) groups is 2. The standard InChI is InChI=1S/C5H4F4O4/c1-2(10)13-5(8,9)4(6,7)3(11)12/h1H3,(H,11,12)/p-1. The molecule has 0 bridgehead atoms. The van der Waals surface area contributed by atoms with Gasteiger partial charge in [-0.15, -0.1) is 0 Å². The molecule has 0 aromatic heterocycles. The van der Waals surface area contributed by atoms with Crippen molar-refractivity contribution in [3.63, 3.8) is 0 Å². The number of hydrogen-bond donors (Lipinski definition) is 0. The lowest BCUT2D eigenvalue weighted by Crippen LogP contribution is -2.55. The molecular weight excluding hydrogens is 200 g/mol. The Labute approximate surface area is 69.1 Å². The summed E-state index contributed by atoms with van der Waals surface area (Å²) in [4.78, 5) is 19.4. The number of carboxylic acid groups (broad SMARTS) is 1. The maximum Gasteiger partial charge on any atom is 0.472 e. The highest BCUT2D eigenvalue weighted by atomic mass is 19.3. The minimum absolute atomic E-state index is 0.430. The van der Waals surface area contributed by atoms with Crippen molar-refractivity contribution in [1.29, 1.82) is 0 Å². The molecule has 0 aromatic rings. The summed E-state index contributed by atoms with van der Waals surface area (Å²) in [6, 6.07) is 0. The Balaban J connectivity index is 4.80. The van der Waals surface area contributed by atoms with E-state index in [1.165, 1.54) is 0 Å². The maximum absolute atomic E-state index is 12.1. The molecule has 0 aliphatic rings. The Kier molecular flexibility index (Phi) is 2.86. The highest BCUT2D eigenvalue weighted by Gasteiger charge is 2.61. The molecule has 13 heavy (non-hydrogen) atoms. The van der Waals surface area contributed by atoms with Gasteiger partial charge < -0.3 is 14.6 Å². The normalized spacial score (nSPS) is 12.4. The molecule has 0 saturated heterocycles. The van der Waals surface area contributed by atoms with Crippen LogP contribution in [0.3, 0.4) is 0 Å². The fraction of sp³-hybridized carbons (Fsp3) is 0.600. The van der Waals surface area contributed by atoms with Gasteiger partial charge in [0.05, 0.1) is 0 Å². The summed E-state index contributed by atoms with van der Waals surface area (Å²) in [6.45, 7) is 0.430. The van der Waals surface area contributed by atoms with Crippen molar-refractivity contribution in [2.45, 2.75) is 19.0 Å². The Bertz CT molecular complexity index is 237. The summed E-state index contributed by atoms with van der Waals surface area (Å²) in [5.74, 6) is -10.6. The lowest BCUT2D eigenvalue weighted by Gasteiger charge is -2.25. The first-order valence-corrected chi connectivity index (χ1v) is 2.78. The first kappa shape index (κ1) is 11.7. The number of carbonyl (C=O) groups excluding carboxylic acids is 2. The van der Waals surface area contributed by atoms with E-state index in [2.05, 4.69) is 4.74 Å². The van der Waals surface area contributed by atoms with Gasteiger partial charge in [0.2, 0.25) is 0 Å². The molecule has 0 aromatic carbocycles. The van der Waals surface area contributed by atoms with E-state index in [1.54, 1.807) is 0 Å². The van der Waals surface area contributed by atoms with Crippen LogP contribution in [0.25, 0.3) is 0 Å². The van der Waals surface area contributed by atoms with Crippen LogP contribution in [-0.2, 0) is 14.3 Å². The van der Waals surface area contributed by atoms with Crippen LogP contribution in [0, 0.1) is 0 Å². The van der Waals surface area contributed by atoms with Gasteiger partial charge in [-0.1, -0.05) is 0 Å². The number of halogens is 4. The van der Waals surface area contributed by atoms with Crippen molar-refractivity contribution in [2.24, 2.45) is 0 Å². The summed E-state index contributed by atoms with van der Waals surface area (Å²) in [6.07, 6.45) is -5.41. The summed E-state index contributed by atoms with van der Waals surface area (Å²) in [7, 11) is 0. The van der Waals surface area contributed by atoms with Crippen LogP contribution in [-0.4, -0.2) is 24.0 Å². The summed E-state index contributed by atoms with van der Waals surface area (Å²) in [5, 5.41) is 9.52. The molecule has 0 aliphatic carbocycles. The average molecular weight is 203 g/mol. The third kappa shape index (κ3) is 2.30. The Morgan fingerprint density at radius 1 is 1.23 bits per heavy atom. The van der Waals surface area contributed by atoms with Crippen LogP contribution >= 0.6 is 0 Å². The SMILES string of the molecule is CC(=O)OC(F)(F)C(F)(F)C(=O)[O-]. The lowest BCUT2D eigenvalue weighted by molar-refractivity contribution is -0.378. The Morgan fingerprint density at radius 3 is 1.85 bits per heavy atom. The van der Waals surface area contributed by atoms with Gasteiger partial charge in [0.25, 0.3) is 0 Å². The third-order valence-corrected chi connectivity index (χ3v) is 0.894. The van der Waals surface area contributed by atoms with E-state index >= 15 is 0 Å². The number of aliphatic carboxylic acids is 1. The molecule has 4 nitrogen and oxygen atoms in total. The number of alkyl halides is 4. The predicted octanol–water partition coefficient (Wildman–Crippen LogP) is -0.473. The predicted molar refractivity (Wildman–Crippen MR) is 26.7 cm³/mol. The number of esters is 1. The van der Waals surface area contributed by atoms with Crippen LogP contribution in [0.4, 0.5) is 17.6 Å². The maximum atomic E-state index is 12.1. The zero-order valence-corrected chi connectivity index (χ0v) is 6.14. The molecule has 0 N–H and O–H groups in total. The van der Waals surface area contributed by atoms with Gasteiger partial charge in [0.15, 0.2) is 0 Å². The number of rotatable bonds is 3. The van der Waals surface area contributed by atoms with Crippen molar-refractivity contribution < 1.29 is 37.0 Å². The first-order chi connectivity index (χ1) is 5.61. The van der Waals surface area contributed by atoms with Crippen molar-refractivity contribution in [3.8, 4) is 0 Å². The Hall–Kier alpha value is -1.34. The quantitative estimate of drug-likeness (QED) is 0.459. The molecule has 0 amide bonds. The molecule has 0 heterocycles. The molecule has 0 atom stereocenters. The van der Waals surface area contributed by atoms with Gasteiger partial charge in [-0.3, -0.25) is 4.79 Å². The monoisotopic (exact) mass is 203 g/mol. The van der Waals surface area contributed by atoms with E-state index in [0.717, 1.165) is 0 Å². The summed E-state index contributed by atoms with van der Waals surface area (Å²) < 4.78 is 51.0. The van der Waals surface area contributed by atoms with Gasteiger partial charge in [-0.2, -0.15) is 17.6 Å². The highest BCUT2D eigenvalue weighted by molar-refractivity contribution is 5.75. The second kappa shape index (κ2) is 3.19. The summed E-state index contributed by atoms with van der Waals surface area (Å²) in [5.41, 5.74) is 0. The highest BCUT2D eigenvalue weighted by Crippen LogP contribution is 2.34. The molecule has 8 heteroatoms. The zero-order chi connectivity index (χ0) is 10.9. The molecule has 0 fully saturated rings. The van der Waals surface area contributed by atoms with Crippen molar-refractivity contribution in [1.82, 2.24) is 0 Å². The topological polar surface area (TPSA) is 66.4 Å². The van der Waals surface area contributed by atoms with Gasteiger partial charge in [-0.25, -0.2) is 0 Å². The van der Waals surface area contributed by atoms with E-state index in [4.69, 9.17) is 0 Å². The molecule has 0 unspecified atom stereocenters. The minimum atomic E-state index is -5.54. The van der Waals surface area contributed by atoms with Gasteiger partial charge >= 0.3 is 18.0 Å². The van der Waals surface area contributed by atoms with E-state index in [9.17, 15) is 32.3 Å². The lowest BCUT2D eigenvalue weighted by atomic mass is 10.3. The van der Waals surface area contributed by atoms with E-state index in [1.807, 2.05) is 0 Å². The molecule has 0 spiro atoms. The molecule has 0 radical (unpaired) electrons. The second-order valence-corrected chi connectivity index (χ2v) is 1.97. The fourth-order valence-corrected chi connectivity index (χ4v) is 0.363. The number of hydrogen-bond acceptors (Lipinski definition) is 4. The molecule has 76 valence electrons. The van der Waals surface area contributed by atoms with Crippen molar-refractivity contribution >= 4 is 11.9 Å². The number of carboxylic acids is 1. The van der Waals surface area contributed by atoms with E-state index < -0.39 is 24.0 Å². The average Bonchev–Trinajstić information content (AvgIpc) is 1.83. The largest absolute Gasteiger partial charge is 0.544 e. The molecule has 0 aliphatic heterocycles. The van der Waals surface area contributed by atoms with Gasteiger partial charge in [0, 0.05) is 6.92 Å². The van der Waals surface area contributed by atoms with Gasteiger partial charge in [-0.05, 0) is 0 Å². The zero-order valence-electron chi connectivity index (χ0n) is 6.14. The molecule has 0 saturated carbocycles. The molecule has 0 rings (SSSR count). The van der Waals surface area contributed by atoms with Crippen molar-refractivity contribution in [3.05, 3.63) is 0 Å². The van der Waals surface area contributed by atoms with Gasteiger partial charge in [0.1, 0.15) is 5.97 Å². The second-order valence-electron chi connectivity index (χ2n) is 1.97. The van der Waals surface area contributed by atoms with Crippen LogP contribution in [0.2, 0.25) is 0 Å². The van der Waals surface area contributed by atoms with E-state index in [-0.39, 0.29) is 0 Å². The van der Waals surface area contributed by atoms with Crippen LogP contribution < -0.4 is 5.11 Å². The smallest absolute Gasteiger partial charge is 0.472 e. The summed E-state index contributed by atoms with van der Waals surface area (Å²) >= 11 is 0. The third-order valence-electron chi connectivity index (χ3n) is 0.894. The van der Waals surface area contributed by atoms with Crippen LogP contribution in [0.1, 0.15) is 6.92 Å².